The van der Waals surface area contributed by atoms with E-state index >= 15 is 0 Å². The van der Waals surface area contributed by atoms with Crippen molar-refractivity contribution in [1.82, 2.24) is 9.80 Å². The Morgan fingerprint density at radius 1 is 1.20 bits per heavy atom. The van der Waals surface area contributed by atoms with Crippen LogP contribution in [-0.4, -0.2) is 68.8 Å². The molecule has 4 heteroatoms. The first-order valence-corrected chi connectivity index (χ1v) is 8.43. The molecular weight excluding hydrogens is 250 g/mol. The van der Waals surface area contributed by atoms with Crippen LogP contribution in [0.15, 0.2) is 0 Å². The van der Waals surface area contributed by atoms with E-state index in [-0.39, 0.29) is 0 Å². The average Bonchev–Trinajstić information content (AvgIpc) is 2.48. The molecule has 2 atom stereocenters. The molecule has 4 nitrogen and oxygen atoms in total. The van der Waals surface area contributed by atoms with Gasteiger partial charge in [-0.3, -0.25) is 0 Å². The molecule has 0 aromatic rings. The van der Waals surface area contributed by atoms with Crippen LogP contribution in [0.2, 0.25) is 0 Å². The number of nitrogens with zero attached hydrogens (tertiary/aromatic N) is 2. The van der Waals surface area contributed by atoms with Crippen LogP contribution in [0.3, 0.4) is 0 Å². The lowest BCUT2D eigenvalue weighted by Crippen LogP contribution is -2.55. The lowest BCUT2D eigenvalue weighted by atomic mass is 9.78. The monoisotopic (exact) mass is 281 g/mol. The van der Waals surface area contributed by atoms with Gasteiger partial charge in [0.15, 0.2) is 0 Å². The Morgan fingerprint density at radius 2 is 2.00 bits per heavy atom. The van der Waals surface area contributed by atoms with Crippen LogP contribution in [0, 0.1) is 11.3 Å². The van der Waals surface area contributed by atoms with Gasteiger partial charge in [0.2, 0.25) is 0 Å². The maximum atomic E-state index is 6.12. The quantitative estimate of drug-likeness (QED) is 0.843. The maximum absolute atomic E-state index is 6.12. The molecule has 3 aliphatic rings. The maximum Gasteiger partial charge on any atom is 0.0472 e. The normalized spacial score (nSPS) is 35.7. The Labute approximate surface area is 123 Å². The number of ether oxygens (including phenoxy) is 1. The van der Waals surface area contributed by atoms with Crippen LogP contribution >= 0.6 is 0 Å². The summed E-state index contributed by atoms with van der Waals surface area (Å²) in [5.74, 6) is 0.886. The molecule has 0 aromatic heterocycles. The second kappa shape index (κ2) is 6.30. The van der Waals surface area contributed by atoms with E-state index in [1.807, 2.05) is 0 Å². The van der Waals surface area contributed by atoms with Crippen LogP contribution in [0.4, 0.5) is 0 Å². The van der Waals surface area contributed by atoms with E-state index in [4.69, 9.17) is 10.5 Å². The van der Waals surface area contributed by atoms with Crippen LogP contribution in [0.1, 0.15) is 32.1 Å². The van der Waals surface area contributed by atoms with Gasteiger partial charge >= 0.3 is 0 Å². The summed E-state index contributed by atoms with van der Waals surface area (Å²) in [5, 5.41) is 0. The second-order valence-electron chi connectivity index (χ2n) is 7.29. The smallest absolute Gasteiger partial charge is 0.0472 e. The van der Waals surface area contributed by atoms with Crippen molar-refractivity contribution in [3.8, 4) is 0 Å². The van der Waals surface area contributed by atoms with E-state index in [1.165, 1.54) is 45.4 Å². The third-order valence-corrected chi connectivity index (χ3v) is 5.98. The summed E-state index contributed by atoms with van der Waals surface area (Å²) < 4.78 is 5.53. The first-order valence-electron chi connectivity index (χ1n) is 8.43. The zero-order valence-electron chi connectivity index (χ0n) is 13.0. The number of piperidine rings is 2. The third-order valence-electron chi connectivity index (χ3n) is 5.98. The molecule has 0 spiro atoms. The Balaban J connectivity index is 1.58. The van der Waals surface area contributed by atoms with Crippen molar-refractivity contribution in [3.05, 3.63) is 0 Å². The standard InChI is InChI=1S/C16H31N3O/c1-18-7-2-3-14-11-19(8-4-15(14)18)13-16(12-17)5-9-20-10-6-16/h14-15H,2-13,17H2,1H3. The first-order chi connectivity index (χ1) is 9.72. The van der Waals surface area contributed by atoms with Gasteiger partial charge in [-0.05, 0) is 70.1 Å². The Morgan fingerprint density at radius 3 is 2.75 bits per heavy atom. The lowest BCUT2D eigenvalue weighted by Gasteiger charge is -2.48. The average molecular weight is 281 g/mol. The summed E-state index contributed by atoms with van der Waals surface area (Å²) in [6.07, 6.45) is 6.44. The van der Waals surface area contributed by atoms with E-state index in [2.05, 4.69) is 16.8 Å². The van der Waals surface area contributed by atoms with Crippen molar-refractivity contribution in [2.75, 3.05) is 53.0 Å². The molecular formula is C16H31N3O. The van der Waals surface area contributed by atoms with Gasteiger partial charge in [-0.25, -0.2) is 0 Å². The van der Waals surface area contributed by atoms with Gasteiger partial charge < -0.3 is 20.3 Å². The Bertz CT molecular complexity index is 317. The SMILES string of the molecule is CN1CCCC2CN(CC3(CN)CCOCC3)CCC21. The summed E-state index contributed by atoms with van der Waals surface area (Å²) in [6.45, 7) is 7.66. The van der Waals surface area contributed by atoms with Crippen molar-refractivity contribution in [2.45, 2.75) is 38.1 Å². The lowest BCUT2D eigenvalue weighted by molar-refractivity contribution is -0.0230. The van der Waals surface area contributed by atoms with E-state index < -0.39 is 0 Å². The molecule has 3 aliphatic heterocycles. The van der Waals surface area contributed by atoms with Gasteiger partial charge in [-0.1, -0.05) is 0 Å². The van der Waals surface area contributed by atoms with Gasteiger partial charge in [0.05, 0.1) is 0 Å². The zero-order chi connectivity index (χ0) is 14.0. The number of likely N-dealkylation sites (tertiary alicyclic amines) is 2. The molecule has 2 N–H and O–H groups in total. The van der Waals surface area contributed by atoms with Crippen LogP contribution in [0.5, 0.6) is 0 Å². The number of fused-ring (bicyclic) bond motifs is 1. The number of hydrogen-bond acceptors (Lipinski definition) is 4. The van der Waals surface area contributed by atoms with Gasteiger partial charge in [-0.15, -0.1) is 0 Å². The van der Waals surface area contributed by atoms with Crippen molar-refractivity contribution in [2.24, 2.45) is 17.1 Å². The summed E-state index contributed by atoms with van der Waals surface area (Å²) in [7, 11) is 2.31. The molecule has 2 unspecified atom stereocenters. The molecule has 3 heterocycles. The largest absolute Gasteiger partial charge is 0.381 e. The highest BCUT2D eigenvalue weighted by atomic mass is 16.5. The van der Waals surface area contributed by atoms with Crippen LogP contribution in [-0.2, 0) is 4.74 Å². The highest BCUT2D eigenvalue weighted by Gasteiger charge is 2.38. The fourth-order valence-electron chi connectivity index (χ4n) is 4.58. The molecule has 0 saturated carbocycles. The van der Waals surface area contributed by atoms with Crippen molar-refractivity contribution >= 4 is 0 Å². The van der Waals surface area contributed by atoms with Crippen LogP contribution in [0.25, 0.3) is 0 Å². The van der Waals surface area contributed by atoms with Crippen molar-refractivity contribution in [3.63, 3.8) is 0 Å². The van der Waals surface area contributed by atoms with Gasteiger partial charge in [0.1, 0.15) is 0 Å². The van der Waals surface area contributed by atoms with Gasteiger partial charge in [-0.2, -0.15) is 0 Å². The molecule has 0 aromatic carbocycles. The molecule has 3 rings (SSSR count). The third kappa shape index (κ3) is 3.03. The molecule has 0 amide bonds. The molecule has 0 bridgehead atoms. The minimum absolute atomic E-state index is 0.325. The summed E-state index contributed by atoms with van der Waals surface area (Å²) in [5.41, 5.74) is 6.44. The minimum Gasteiger partial charge on any atom is -0.381 e. The molecule has 0 aliphatic carbocycles. The molecule has 116 valence electrons. The van der Waals surface area contributed by atoms with E-state index in [9.17, 15) is 0 Å². The Hall–Kier alpha value is -0.160. The van der Waals surface area contributed by atoms with Crippen molar-refractivity contribution < 1.29 is 4.74 Å². The number of nitrogens with two attached hydrogens (primary N) is 1. The fraction of sp³-hybridized carbons (Fsp3) is 1.00. The molecule has 3 saturated heterocycles. The number of rotatable bonds is 3. The predicted molar refractivity (Wildman–Crippen MR) is 81.7 cm³/mol. The van der Waals surface area contributed by atoms with Crippen LogP contribution < -0.4 is 5.73 Å². The van der Waals surface area contributed by atoms with E-state index in [0.29, 0.717) is 5.41 Å². The minimum atomic E-state index is 0.325. The van der Waals surface area contributed by atoms with E-state index in [0.717, 1.165) is 44.6 Å². The second-order valence-corrected chi connectivity index (χ2v) is 7.29. The topological polar surface area (TPSA) is 41.7 Å². The highest BCUT2D eigenvalue weighted by molar-refractivity contribution is 4.93. The van der Waals surface area contributed by atoms with Gasteiger partial charge in [0.25, 0.3) is 0 Å². The number of hydrogen-bond donors (Lipinski definition) is 1. The van der Waals surface area contributed by atoms with Gasteiger partial charge in [0, 0.05) is 32.3 Å². The van der Waals surface area contributed by atoms with E-state index in [1.54, 1.807) is 0 Å². The highest BCUT2D eigenvalue weighted by Crippen LogP contribution is 2.34. The zero-order valence-corrected chi connectivity index (χ0v) is 13.0. The first kappa shape index (κ1) is 14.8. The Kier molecular flexibility index (Phi) is 4.65. The molecule has 20 heavy (non-hydrogen) atoms. The summed E-state index contributed by atoms with van der Waals surface area (Å²) in [4.78, 5) is 5.30. The predicted octanol–water partition coefficient (Wildman–Crippen LogP) is 1.16. The molecule has 0 radical (unpaired) electrons. The fourth-order valence-corrected chi connectivity index (χ4v) is 4.58. The molecule has 3 fully saturated rings. The summed E-state index contributed by atoms with van der Waals surface area (Å²) >= 11 is 0. The summed E-state index contributed by atoms with van der Waals surface area (Å²) in [6, 6.07) is 0.837. The van der Waals surface area contributed by atoms with Crippen molar-refractivity contribution in [1.29, 1.82) is 0 Å².